The summed E-state index contributed by atoms with van der Waals surface area (Å²) in [5.74, 6) is 1.08. The highest BCUT2D eigenvalue weighted by Crippen LogP contribution is 2.20. The number of anilines is 2. The minimum atomic E-state index is -0.403. The molecule has 0 amide bonds. The van der Waals surface area contributed by atoms with Crippen molar-refractivity contribution < 1.29 is 4.92 Å². The predicted molar refractivity (Wildman–Crippen MR) is 73.1 cm³/mol. The first-order valence-corrected chi connectivity index (χ1v) is 6.31. The number of pyridine rings is 1. The fraction of sp³-hybridized carbons (Fsp3) is 0.583. The van der Waals surface area contributed by atoms with Crippen LogP contribution < -0.4 is 10.6 Å². The Morgan fingerprint density at radius 3 is 2.44 bits per heavy atom. The summed E-state index contributed by atoms with van der Waals surface area (Å²) in [7, 11) is 0. The van der Waals surface area contributed by atoms with E-state index >= 15 is 0 Å². The highest BCUT2D eigenvalue weighted by atomic mass is 16.6. The third-order valence-electron chi connectivity index (χ3n) is 2.47. The van der Waals surface area contributed by atoms with E-state index in [0.717, 1.165) is 25.8 Å². The predicted octanol–water partition coefficient (Wildman–Crippen LogP) is 3.02. The lowest BCUT2D eigenvalue weighted by molar-refractivity contribution is -0.384. The molecule has 0 aliphatic carbocycles. The second kappa shape index (κ2) is 7.47. The molecule has 1 rings (SSSR count). The number of rotatable bonds is 8. The van der Waals surface area contributed by atoms with Gasteiger partial charge in [-0.1, -0.05) is 19.8 Å². The van der Waals surface area contributed by atoms with Gasteiger partial charge in [-0.05, 0) is 13.3 Å². The van der Waals surface area contributed by atoms with Gasteiger partial charge in [0.1, 0.15) is 11.6 Å². The van der Waals surface area contributed by atoms with E-state index in [9.17, 15) is 10.1 Å². The molecule has 18 heavy (non-hydrogen) atoms. The number of nitrogens with one attached hydrogen (secondary N) is 2. The molecule has 0 aromatic carbocycles. The van der Waals surface area contributed by atoms with Crippen molar-refractivity contribution >= 4 is 17.3 Å². The van der Waals surface area contributed by atoms with Crippen LogP contribution in [0.5, 0.6) is 0 Å². The van der Waals surface area contributed by atoms with Crippen molar-refractivity contribution in [1.29, 1.82) is 0 Å². The van der Waals surface area contributed by atoms with Gasteiger partial charge in [0.05, 0.1) is 17.1 Å². The SMILES string of the molecule is CCCCCNc1cc([N+](=O)[O-])cc(NCC)n1. The maximum atomic E-state index is 10.8. The van der Waals surface area contributed by atoms with Gasteiger partial charge < -0.3 is 10.6 Å². The summed E-state index contributed by atoms with van der Waals surface area (Å²) in [6.07, 6.45) is 3.33. The van der Waals surface area contributed by atoms with Crippen molar-refractivity contribution in [2.45, 2.75) is 33.1 Å². The van der Waals surface area contributed by atoms with Gasteiger partial charge in [-0.2, -0.15) is 0 Å². The molecular formula is C12H20N4O2. The van der Waals surface area contributed by atoms with Crippen molar-refractivity contribution in [3.63, 3.8) is 0 Å². The maximum Gasteiger partial charge on any atom is 0.276 e. The first kappa shape index (κ1) is 14.2. The second-order valence-corrected chi connectivity index (χ2v) is 4.02. The first-order valence-electron chi connectivity index (χ1n) is 6.31. The quantitative estimate of drug-likeness (QED) is 0.422. The van der Waals surface area contributed by atoms with Gasteiger partial charge in [0.25, 0.3) is 5.69 Å². The van der Waals surface area contributed by atoms with Crippen LogP contribution in [0.1, 0.15) is 33.1 Å². The summed E-state index contributed by atoms with van der Waals surface area (Å²) < 4.78 is 0. The average Bonchev–Trinajstić information content (AvgIpc) is 2.35. The molecule has 0 saturated heterocycles. The van der Waals surface area contributed by atoms with Gasteiger partial charge in [-0.3, -0.25) is 10.1 Å². The Morgan fingerprint density at radius 2 is 1.89 bits per heavy atom. The number of hydrogen-bond donors (Lipinski definition) is 2. The Labute approximate surface area is 107 Å². The number of aromatic nitrogens is 1. The van der Waals surface area contributed by atoms with Crippen molar-refractivity contribution in [3.8, 4) is 0 Å². The fourth-order valence-corrected chi connectivity index (χ4v) is 1.58. The van der Waals surface area contributed by atoms with E-state index in [1.807, 2.05) is 6.92 Å². The molecule has 0 unspecified atom stereocenters. The summed E-state index contributed by atoms with van der Waals surface area (Å²) in [5.41, 5.74) is 0.0546. The number of unbranched alkanes of at least 4 members (excludes halogenated alkanes) is 2. The van der Waals surface area contributed by atoms with Crippen LogP contribution in [0.15, 0.2) is 12.1 Å². The zero-order valence-electron chi connectivity index (χ0n) is 10.9. The molecule has 0 aliphatic rings. The Balaban J connectivity index is 2.72. The van der Waals surface area contributed by atoms with E-state index in [1.165, 1.54) is 12.1 Å². The van der Waals surface area contributed by atoms with Crippen LogP contribution in [-0.4, -0.2) is 23.0 Å². The van der Waals surface area contributed by atoms with Gasteiger partial charge >= 0.3 is 0 Å². The van der Waals surface area contributed by atoms with Crippen LogP contribution in [0.2, 0.25) is 0 Å². The molecule has 0 bridgehead atoms. The van der Waals surface area contributed by atoms with Crippen LogP contribution in [0.4, 0.5) is 17.3 Å². The van der Waals surface area contributed by atoms with E-state index in [-0.39, 0.29) is 5.69 Å². The molecule has 0 radical (unpaired) electrons. The largest absolute Gasteiger partial charge is 0.370 e. The lowest BCUT2D eigenvalue weighted by atomic mass is 10.2. The highest BCUT2D eigenvalue weighted by Gasteiger charge is 2.10. The lowest BCUT2D eigenvalue weighted by Gasteiger charge is -2.08. The van der Waals surface area contributed by atoms with E-state index < -0.39 is 4.92 Å². The molecule has 6 nitrogen and oxygen atoms in total. The standard InChI is InChI=1S/C12H20N4O2/c1-3-5-6-7-14-12-9-10(16(17)18)8-11(15-12)13-4-2/h8-9H,3-7H2,1-2H3,(H2,13,14,15). The van der Waals surface area contributed by atoms with Crippen molar-refractivity contribution in [2.75, 3.05) is 23.7 Å². The summed E-state index contributed by atoms with van der Waals surface area (Å²) in [4.78, 5) is 14.7. The van der Waals surface area contributed by atoms with E-state index in [1.54, 1.807) is 0 Å². The summed E-state index contributed by atoms with van der Waals surface area (Å²) in [6, 6.07) is 2.91. The highest BCUT2D eigenvalue weighted by molar-refractivity contribution is 5.54. The molecule has 0 spiro atoms. The molecular weight excluding hydrogens is 232 g/mol. The van der Waals surface area contributed by atoms with Gasteiger partial charge in [-0.15, -0.1) is 0 Å². The second-order valence-electron chi connectivity index (χ2n) is 4.02. The normalized spacial score (nSPS) is 10.1. The number of nitro groups is 1. The Morgan fingerprint density at radius 1 is 1.22 bits per heavy atom. The Bertz CT molecular complexity index is 396. The molecule has 0 fully saturated rings. The monoisotopic (exact) mass is 252 g/mol. The molecule has 1 aromatic heterocycles. The molecule has 1 aromatic rings. The first-order chi connectivity index (χ1) is 8.67. The van der Waals surface area contributed by atoms with Crippen LogP contribution in [0.25, 0.3) is 0 Å². The van der Waals surface area contributed by atoms with Crippen molar-refractivity contribution in [1.82, 2.24) is 4.98 Å². The van der Waals surface area contributed by atoms with Gasteiger partial charge in [-0.25, -0.2) is 4.98 Å². The molecule has 100 valence electrons. The molecule has 0 atom stereocenters. The van der Waals surface area contributed by atoms with Gasteiger partial charge in [0.15, 0.2) is 0 Å². The zero-order chi connectivity index (χ0) is 13.4. The minimum Gasteiger partial charge on any atom is -0.370 e. The van der Waals surface area contributed by atoms with Gasteiger partial charge in [0, 0.05) is 13.1 Å². The molecule has 0 saturated carbocycles. The fourth-order valence-electron chi connectivity index (χ4n) is 1.58. The Hall–Kier alpha value is -1.85. The average molecular weight is 252 g/mol. The molecule has 1 heterocycles. The number of nitrogens with zero attached hydrogens (tertiary/aromatic N) is 2. The van der Waals surface area contributed by atoms with Crippen molar-refractivity contribution in [2.24, 2.45) is 0 Å². The summed E-state index contributed by atoms with van der Waals surface area (Å²) in [6.45, 7) is 5.53. The van der Waals surface area contributed by atoms with Crippen molar-refractivity contribution in [3.05, 3.63) is 22.2 Å². The maximum absolute atomic E-state index is 10.8. The lowest BCUT2D eigenvalue weighted by Crippen LogP contribution is -2.07. The van der Waals surface area contributed by atoms with Crippen LogP contribution in [0, 0.1) is 10.1 Å². The van der Waals surface area contributed by atoms with Crippen LogP contribution in [-0.2, 0) is 0 Å². The van der Waals surface area contributed by atoms with Gasteiger partial charge in [0.2, 0.25) is 0 Å². The minimum absolute atomic E-state index is 0.0546. The van der Waals surface area contributed by atoms with E-state index in [4.69, 9.17) is 0 Å². The summed E-state index contributed by atoms with van der Waals surface area (Å²) in [5, 5.41) is 16.9. The Kier molecular flexibility index (Phi) is 5.90. The third-order valence-corrected chi connectivity index (χ3v) is 2.47. The zero-order valence-corrected chi connectivity index (χ0v) is 10.9. The topological polar surface area (TPSA) is 80.1 Å². The molecule has 2 N–H and O–H groups in total. The molecule has 0 aliphatic heterocycles. The summed E-state index contributed by atoms with van der Waals surface area (Å²) >= 11 is 0. The van der Waals surface area contributed by atoms with E-state index in [2.05, 4.69) is 22.5 Å². The molecule has 6 heteroatoms. The smallest absolute Gasteiger partial charge is 0.276 e. The van der Waals surface area contributed by atoms with E-state index in [0.29, 0.717) is 18.2 Å². The third kappa shape index (κ3) is 4.57. The van der Waals surface area contributed by atoms with Crippen LogP contribution >= 0.6 is 0 Å². The number of hydrogen-bond acceptors (Lipinski definition) is 5. The van der Waals surface area contributed by atoms with Crippen LogP contribution in [0.3, 0.4) is 0 Å².